The molecule has 2 rings (SSSR count). The third-order valence-electron chi connectivity index (χ3n) is 4.06. The standard InChI is InChI=1S/C23H27FINO6/c1-22(2,3)32-21(28)26(31-16-29-4)23(24,14-17-10-12-19(25)13-11-17)20(27)30-15-18-8-6-5-7-9-18/h5-13H,14-16H2,1-4H3/t23-/m1/s1. The normalized spacial score (nSPS) is 13.2. The molecule has 0 radical (unpaired) electrons. The number of nitrogens with zero attached hydrogens (tertiary/aromatic N) is 1. The van der Waals surface area contributed by atoms with Crippen molar-refractivity contribution < 1.29 is 33.0 Å². The average molecular weight is 559 g/mol. The first kappa shape index (κ1) is 26.0. The number of hydrogen-bond donors (Lipinski definition) is 0. The van der Waals surface area contributed by atoms with Crippen LogP contribution in [0.2, 0.25) is 0 Å². The zero-order chi connectivity index (χ0) is 23.8. The van der Waals surface area contributed by atoms with E-state index in [0.29, 0.717) is 11.1 Å². The maximum Gasteiger partial charge on any atom is 0.438 e. The highest BCUT2D eigenvalue weighted by molar-refractivity contribution is 14.1. The Morgan fingerprint density at radius 2 is 1.62 bits per heavy atom. The van der Waals surface area contributed by atoms with E-state index in [1.54, 1.807) is 69.3 Å². The molecule has 0 aromatic heterocycles. The molecule has 0 unspecified atom stereocenters. The Bertz CT molecular complexity index is 888. The number of hydroxylamine groups is 2. The molecule has 1 atom stereocenters. The minimum atomic E-state index is -3.01. The van der Waals surface area contributed by atoms with Gasteiger partial charge in [0.15, 0.2) is 6.79 Å². The molecular weight excluding hydrogens is 532 g/mol. The molecule has 1 amide bonds. The molecule has 0 fully saturated rings. The molecule has 2 aromatic rings. The molecule has 0 saturated heterocycles. The van der Waals surface area contributed by atoms with Gasteiger partial charge in [0.05, 0.1) is 0 Å². The minimum absolute atomic E-state index is 0.176. The number of carbonyl (C=O) groups is 2. The van der Waals surface area contributed by atoms with Gasteiger partial charge in [0, 0.05) is 17.1 Å². The van der Waals surface area contributed by atoms with Crippen molar-refractivity contribution in [3.05, 3.63) is 69.3 Å². The van der Waals surface area contributed by atoms with Crippen molar-refractivity contribution in [2.75, 3.05) is 13.9 Å². The van der Waals surface area contributed by atoms with E-state index >= 15 is 4.39 Å². The molecule has 7 nitrogen and oxygen atoms in total. The van der Waals surface area contributed by atoms with Crippen molar-refractivity contribution in [1.82, 2.24) is 5.06 Å². The number of rotatable bonds is 9. The molecular formula is C23H27FINO6. The lowest BCUT2D eigenvalue weighted by Crippen LogP contribution is -2.57. The van der Waals surface area contributed by atoms with Gasteiger partial charge in [0.2, 0.25) is 0 Å². The monoisotopic (exact) mass is 559 g/mol. The average Bonchev–Trinajstić information content (AvgIpc) is 2.73. The predicted octanol–water partition coefficient (Wildman–Crippen LogP) is 5.02. The van der Waals surface area contributed by atoms with E-state index in [2.05, 4.69) is 22.6 Å². The summed E-state index contributed by atoms with van der Waals surface area (Å²) in [6.45, 7) is 4.19. The van der Waals surface area contributed by atoms with Crippen LogP contribution in [-0.4, -0.2) is 42.4 Å². The van der Waals surface area contributed by atoms with Gasteiger partial charge in [-0.15, -0.1) is 5.06 Å². The van der Waals surface area contributed by atoms with Gasteiger partial charge in [-0.2, -0.15) is 0 Å². The number of esters is 1. The van der Waals surface area contributed by atoms with Gasteiger partial charge in [-0.05, 0) is 66.6 Å². The Morgan fingerprint density at radius 1 is 1.00 bits per heavy atom. The number of alkyl halides is 1. The van der Waals surface area contributed by atoms with Gasteiger partial charge < -0.3 is 14.2 Å². The number of amides is 1. The van der Waals surface area contributed by atoms with Crippen molar-refractivity contribution in [2.24, 2.45) is 0 Å². The highest BCUT2D eigenvalue weighted by Crippen LogP contribution is 2.29. The van der Waals surface area contributed by atoms with E-state index in [1.165, 1.54) is 7.11 Å². The molecule has 0 bridgehead atoms. The van der Waals surface area contributed by atoms with Gasteiger partial charge >= 0.3 is 17.9 Å². The second kappa shape index (κ2) is 11.6. The van der Waals surface area contributed by atoms with Crippen LogP contribution in [0, 0.1) is 3.57 Å². The number of hydrogen-bond acceptors (Lipinski definition) is 6. The number of halogens is 2. The summed E-state index contributed by atoms with van der Waals surface area (Å²) in [7, 11) is 1.31. The maximum absolute atomic E-state index is 16.5. The summed E-state index contributed by atoms with van der Waals surface area (Å²) >= 11 is 2.11. The fraction of sp³-hybridized carbons (Fsp3) is 0.391. The highest BCUT2D eigenvalue weighted by atomic mass is 127. The summed E-state index contributed by atoms with van der Waals surface area (Å²) in [5.41, 5.74) is 0.168. The van der Waals surface area contributed by atoms with Crippen LogP contribution in [-0.2, 0) is 36.9 Å². The Morgan fingerprint density at radius 3 is 2.19 bits per heavy atom. The molecule has 0 aliphatic heterocycles. The molecule has 0 saturated carbocycles. The maximum atomic E-state index is 16.5. The third kappa shape index (κ3) is 7.72. The quantitative estimate of drug-likeness (QED) is 0.141. The Balaban J connectivity index is 2.38. The van der Waals surface area contributed by atoms with Gasteiger partial charge in [0.25, 0.3) is 0 Å². The summed E-state index contributed by atoms with van der Waals surface area (Å²) < 4.78 is 32.7. The summed E-state index contributed by atoms with van der Waals surface area (Å²) in [4.78, 5) is 31.0. The number of benzene rings is 2. The van der Waals surface area contributed by atoms with Gasteiger partial charge in [-0.25, -0.2) is 18.8 Å². The lowest BCUT2D eigenvalue weighted by atomic mass is 10.0. The Kier molecular flexibility index (Phi) is 9.41. The van der Waals surface area contributed by atoms with E-state index < -0.39 is 36.7 Å². The molecule has 0 aliphatic carbocycles. The first-order chi connectivity index (χ1) is 15.0. The molecule has 32 heavy (non-hydrogen) atoms. The summed E-state index contributed by atoms with van der Waals surface area (Å²) in [5.74, 6) is -4.30. The molecule has 2 aromatic carbocycles. The summed E-state index contributed by atoms with van der Waals surface area (Å²) in [5, 5.41) is 0.257. The van der Waals surface area contributed by atoms with Gasteiger partial charge in [0.1, 0.15) is 12.2 Å². The molecule has 0 spiro atoms. The van der Waals surface area contributed by atoms with E-state index in [-0.39, 0.29) is 11.7 Å². The van der Waals surface area contributed by atoms with E-state index in [9.17, 15) is 9.59 Å². The summed E-state index contributed by atoms with van der Waals surface area (Å²) in [6, 6.07) is 15.7. The largest absolute Gasteiger partial charge is 0.457 e. The summed E-state index contributed by atoms with van der Waals surface area (Å²) in [6.07, 6.45) is -1.69. The Labute approximate surface area is 200 Å². The van der Waals surface area contributed by atoms with Crippen LogP contribution in [0.15, 0.2) is 54.6 Å². The van der Waals surface area contributed by atoms with Gasteiger partial charge in [-0.1, -0.05) is 42.5 Å². The van der Waals surface area contributed by atoms with Crippen molar-refractivity contribution in [3.63, 3.8) is 0 Å². The van der Waals surface area contributed by atoms with Crippen LogP contribution in [0.25, 0.3) is 0 Å². The van der Waals surface area contributed by atoms with Crippen LogP contribution in [0.5, 0.6) is 0 Å². The second-order valence-electron chi connectivity index (χ2n) is 7.93. The van der Waals surface area contributed by atoms with Crippen LogP contribution < -0.4 is 0 Å². The van der Waals surface area contributed by atoms with Gasteiger partial charge in [-0.3, -0.25) is 0 Å². The fourth-order valence-corrected chi connectivity index (χ4v) is 3.00. The minimum Gasteiger partial charge on any atom is -0.457 e. The zero-order valence-electron chi connectivity index (χ0n) is 18.5. The number of carbonyl (C=O) groups excluding carboxylic acids is 2. The third-order valence-corrected chi connectivity index (χ3v) is 4.78. The topological polar surface area (TPSA) is 74.3 Å². The predicted molar refractivity (Wildman–Crippen MR) is 124 cm³/mol. The highest BCUT2D eigenvalue weighted by Gasteiger charge is 2.52. The number of methoxy groups -OCH3 is 1. The zero-order valence-corrected chi connectivity index (χ0v) is 20.6. The molecule has 0 aliphatic rings. The van der Waals surface area contributed by atoms with E-state index in [4.69, 9.17) is 19.0 Å². The SMILES string of the molecule is COCON(C(=O)OC(C)(C)C)[C@](F)(Cc1ccc(I)cc1)C(=O)OCc1ccccc1. The molecule has 9 heteroatoms. The first-order valence-electron chi connectivity index (χ1n) is 9.85. The van der Waals surface area contributed by atoms with Crippen molar-refractivity contribution >= 4 is 34.7 Å². The lowest BCUT2D eigenvalue weighted by Gasteiger charge is -2.35. The van der Waals surface area contributed by atoms with Crippen LogP contribution in [0.3, 0.4) is 0 Å². The van der Waals surface area contributed by atoms with E-state index in [0.717, 1.165) is 3.57 Å². The smallest absolute Gasteiger partial charge is 0.438 e. The molecule has 174 valence electrons. The van der Waals surface area contributed by atoms with Crippen LogP contribution >= 0.6 is 22.6 Å². The van der Waals surface area contributed by atoms with Crippen molar-refractivity contribution in [3.8, 4) is 0 Å². The lowest BCUT2D eigenvalue weighted by molar-refractivity contribution is -0.277. The molecule has 0 N–H and O–H groups in total. The van der Waals surface area contributed by atoms with Crippen molar-refractivity contribution in [1.29, 1.82) is 0 Å². The second-order valence-corrected chi connectivity index (χ2v) is 9.18. The van der Waals surface area contributed by atoms with E-state index in [1.807, 2.05) is 6.07 Å². The fourth-order valence-electron chi connectivity index (χ4n) is 2.64. The first-order valence-corrected chi connectivity index (χ1v) is 10.9. The van der Waals surface area contributed by atoms with Crippen LogP contribution in [0.4, 0.5) is 9.18 Å². The van der Waals surface area contributed by atoms with Crippen molar-refractivity contribution in [2.45, 2.75) is 45.2 Å². The molecule has 0 heterocycles. The van der Waals surface area contributed by atoms with Crippen LogP contribution in [0.1, 0.15) is 31.9 Å². The number of ether oxygens (including phenoxy) is 3. The Hall–Kier alpha value is -2.24.